The van der Waals surface area contributed by atoms with Gasteiger partial charge < -0.3 is 15.4 Å². The molecule has 6 nitrogen and oxygen atoms in total. The van der Waals surface area contributed by atoms with Crippen LogP contribution in [0.1, 0.15) is 28.5 Å². The molecular weight excluding hydrogens is 348 g/mol. The SMILES string of the molecule is CCOC(=O)c1c(C)nn(C)c1NC(=S)Nc1ccc(Cl)cc1C. The summed E-state index contributed by atoms with van der Waals surface area (Å²) in [6.45, 7) is 5.72. The van der Waals surface area contributed by atoms with E-state index in [1.807, 2.05) is 19.1 Å². The highest BCUT2D eigenvalue weighted by Gasteiger charge is 2.22. The van der Waals surface area contributed by atoms with Crippen molar-refractivity contribution >= 4 is 46.4 Å². The van der Waals surface area contributed by atoms with Crippen LogP contribution < -0.4 is 10.6 Å². The van der Waals surface area contributed by atoms with Crippen LogP contribution in [-0.4, -0.2) is 27.5 Å². The van der Waals surface area contributed by atoms with E-state index in [1.54, 1.807) is 31.6 Å². The lowest BCUT2D eigenvalue weighted by atomic mass is 10.2. The van der Waals surface area contributed by atoms with E-state index >= 15 is 0 Å². The smallest absolute Gasteiger partial charge is 0.343 e. The average molecular weight is 367 g/mol. The number of rotatable bonds is 4. The van der Waals surface area contributed by atoms with Gasteiger partial charge in [-0.2, -0.15) is 5.10 Å². The van der Waals surface area contributed by atoms with Crippen molar-refractivity contribution in [3.63, 3.8) is 0 Å². The molecule has 0 saturated carbocycles. The number of carbonyl (C=O) groups excluding carboxylic acids is 1. The average Bonchev–Trinajstić information content (AvgIpc) is 2.76. The first-order valence-electron chi connectivity index (χ1n) is 7.38. The number of thiocarbonyl (C=S) groups is 1. The first-order valence-corrected chi connectivity index (χ1v) is 8.17. The Morgan fingerprint density at radius 1 is 1.38 bits per heavy atom. The molecule has 1 aromatic carbocycles. The molecular formula is C16H19ClN4O2S. The molecule has 2 rings (SSSR count). The van der Waals surface area contributed by atoms with Gasteiger partial charge in [-0.05, 0) is 56.8 Å². The molecule has 0 bridgehead atoms. The predicted molar refractivity (Wildman–Crippen MR) is 99.9 cm³/mol. The van der Waals surface area contributed by atoms with Gasteiger partial charge in [-0.25, -0.2) is 4.79 Å². The van der Waals surface area contributed by atoms with E-state index in [1.165, 1.54) is 0 Å². The number of hydrogen-bond donors (Lipinski definition) is 2. The molecule has 0 unspecified atom stereocenters. The number of ether oxygens (including phenoxy) is 1. The summed E-state index contributed by atoms with van der Waals surface area (Å²) in [5, 5.41) is 11.4. The Morgan fingerprint density at radius 3 is 2.71 bits per heavy atom. The Bertz CT molecular complexity index is 789. The number of hydrogen-bond acceptors (Lipinski definition) is 4. The molecule has 8 heteroatoms. The Balaban J connectivity index is 2.21. The van der Waals surface area contributed by atoms with Gasteiger partial charge in [0.2, 0.25) is 0 Å². The molecule has 1 heterocycles. The Kier molecular flexibility index (Phi) is 5.80. The van der Waals surface area contributed by atoms with Crippen molar-refractivity contribution < 1.29 is 9.53 Å². The summed E-state index contributed by atoms with van der Waals surface area (Å²) in [5.41, 5.74) is 2.73. The minimum atomic E-state index is -0.434. The number of aryl methyl sites for hydroxylation is 3. The van der Waals surface area contributed by atoms with Gasteiger partial charge in [0.1, 0.15) is 11.4 Å². The van der Waals surface area contributed by atoms with Gasteiger partial charge in [0, 0.05) is 17.8 Å². The third-order valence-electron chi connectivity index (χ3n) is 3.37. The molecule has 0 amide bonds. The van der Waals surface area contributed by atoms with Crippen molar-refractivity contribution in [1.29, 1.82) is 0 Å². The van der Waals surface area contributed by atoms with Crippen LogP contribution in [0.5, 0.6) is 0 Å². The van der Waals surface area contributed by atoms with Crippen LogP contribution in [0, 0.1) is 13.8 Å². The lowest BCUT2D eigenvalue weighted by Crippen LogP contribution is -2.23. The van der Waals surface area contributed by atoms with Gasteiger partial charge in [-0.3, -0.25) is 4.68 Å². The van der Waals surface area contributed by atoms with Crippen LogP contribution in [0.2, 0.25) is 5.02 Å². The largest absolute Gasteiger partial charge is 0.462 e. The summed E-state index contributed by atoms with van der Waals surface area (Å²) in [6, 6.07) is 5.45. The second-order valence-electron chi connectivity index (χ2n) is 5.19. The van der Waals surface area contributed by atoms with Gasteiger partial charge in [0.15, 0.2) is 5.11 Å². The van der Waals surface area contributed by atoms with Crippen LogP contribution in [-0.2, 0) is 11.8 Å². The molecule has 0 aliphatic rings. The first-order chi connectivity index (χ1) is 11.3. The molecule has 0 spiro atoms. The summed E-state index contributed by atoms with van der Waals surface area (Å²) >= 11 is 11.3. The molecule has 0 radical (unpaired) electrons. The summed E-state index contributed by atoms with van der Waals surface area (Å²) in [6.07, 6.45) is 0. The van der Waals surface area contributed by atoms with Crippen molar-refractivity contribution in [1.82, 2.24) is 9.78 Å². The van der Waals surface area contributed by atoms with Crippen LogP contribution in [0.25, 0.3) is 0 Å². The fourth-order valence-electron chi connectivity index (χ4n) is 2.28. The van der Waals surface area contributed by atoms with Crippen molar-refractivity contribution in [2.45, 2.75) is 20.8 Å². The first kappa shape index (κ1) is 18.2. The molecule has 0 fully saturated rings. The summed E-state index contributed by atoms with van der Waals surface area (Å²) in [4.78, 5) is 12.1. The van der Waals surface area contributed by atoms with E-state index in [0.29, 0.717) is 33.8 Å². The molecule has 1 aromatic heterocycles. The number of nitrogens with zero attached hydrogens (tertiary/aromatic N) is 2. The van der Waals surface area contributed by atoms with E-state index in [4.69, 9.17) is 28.6 Å². The quantitative estimate of drug-likeness (QED) is 0.635. The van der Waals surface area contributed by atoms with Crippen molar-refractivity contribution in [2.75, 3.05) is 17.2 Å². The molecule has 24 heavy (non-hydrogen) atoms. The fraction of sp³-hybridized carbons (Fsp3) is 0.312. The summed E-state index contributed by atoms with van der Waals surface area (Å²) < 4.78 is 6.64. The summed E-state index contributed by atoms with van der Waals surface area (Å²) in [7, 11) is 1.73. The molecule has 0 aliphatic heterocycles. The van der Waals surface area contributed by atoms with E-state index < -0.39 is 5.97 Å². The highest BCUT2D eigenvalue weighted by molar-refractivity contribution is 7.80. The number of nitrogens with one attached hydrogen (secondary N) is 2. The second kappa shape index (κ2) is 7.63. The van der Waals surface area contributed by atoms with Gasteiger partial charge in [-0.15, -0.1) is 0 Å². The van der Waals surface area contributed by atoms with Gasteiger partial charge >= 0.3 is 5.97 Å². The number of esters is 1. The Labute approximate surface area is 151 Å². The van der Waals surface area contributed by atoms with Crippen molar-refractivity contribution in [3.8, 4) is 0 Å². The van der Waals surface area contributed by atoms with Gasteiger partial charge in [0.05, 0.1) is 12.3 Å². The van der Waals surface area contributed by atoms with E-state index in [9.17, 15) is 4.79 Å². The zero-order chi connectivity index (χ0) is 17.9. The lowest BCUT2D eigenvalue weighted by molar-refractivity contribution is 0.0526. The van der Waals surface area contributed by atoms with Crippen LogP contribution in [0.15, 0.2) is 18.2 Å². The second-order valence-corrected chi connectivity index (χ2v) is 6.04. The molecule has 0 atom stereocenters. The van der Waals surface area contributed by atoms with Crippen LogP contribution in [0.3, 0.4) is 0 Å². The van der Waals surface area contributed by atoms with E-state index in [0.717, 1.165) is 11.3 Å². The molecule has 0 aliphatic carbocycles. The van der Waals surface area contributed by atoms with Gasteiger partial charge in [-0.1, -0.05) is 11.6 Å². The maximum atomic E-state index is 12.1. The van der Waals surface area contributed by atoms with Gasteiger partial charge in [0.25, 0.3) is 0 Å². The van der Waals surface area contributed by atoms with E-state index in [2.05, 4.69) is 15.7 Å². The Hall–Kier alpha value is -2.12. The third-order valence-corrected chi connectivity index (χ3v) is 3.81. The number of carbonyl (C=O) groups is 1. The molecule has 2 aromatic rings. The standard InChI is InChI=1S/C16H19ClN4O2S/c1-5-23-15(22)13-10(3)20-21(4)14(13)19-16(24)18-12-7-6-11(17)8-9(12)2/h6-8H,5H2,1-4H3,(H2,18,19,24). The normalized spacial score (nSPS) is 10.4. The molecule has 2 N–H and O–H groups in total. The number of benzene rings is 1. The van der Waals surface area contributed by atoms with Crippen LogP contribution in [0.4, 0.5) is 11.5 Å². The van der Waals surface area contributed by atoms with E-state index in [-0.39, 0.29) is 0 Å². The zero-order valence-electron chi connectivity index (χ0n) is 13.9. The number of anilines is 2. The minimum Gasteiger partial charge on any atom is -0.462 e. The zero-order valence-corrected chi connectivity index (χ0v) is 15.5. The predicted octanol–water partition coefficient (Wildman–Crippen LogP) is 3.68. The fourth-order valence-corrected chi connectivity index (χ4v) is 2.71. The van der Waals surface area contributed by atoms with Crippen molar-refractivity contribution in [2.24, 2.45) is 7.05 Å². The molecule has 0 saturated heterocycles. The highest BCUT2D eigenvalue weighted by Crippen LogP contribution is 2.22. The van der Waals surface area contributed by atoms with Crippen LogP contribution >= 0.6 is 23.8 Å². The maximum Gasteiger partial charge on any atom is 0.343 e. The Morgan fingerprint density at radius 2 is 2.08 bits per heavy atom. The maximum absolute atomic E-state index is 12.1. The topological polar surface area (TPSA) is 68.2 Å². The van der Waals surface area contributed by atoms with Crippen molar-refractivity contribution in [3.05, 3.63) is 40.0 Å². The lowest BCUT2D eigenvalue weighted by Gasteiger charge is -2.14. The number of halogens is 1. The third kappa shape index (κ3) is 4.04. The summed E-state index contributed by atoms with van der Waals surface area (Å²) in [5.74, 6) is 0.0474. The highest BCUT2D eigenvalue weighted by atomic mass is 35.5. The minimum absolute atomic E-state index is 0.291. The monoisotopic (exact) mass is 366 g/mol. The number of aromatic nitrogens is 2. The molecule has 128 valence electrons.